The summed E-state index contributed by atoms with van der Waals surface area (Å²) in [5.41, 5.74) is 9.48. The van der Waals surface area contributed by atoms with Crippen molar-refractivity contribution in [3.05, 3.63) is 56.6 Å². The maximum absolute atomic E-state index is 6.44. The van der Waals surface area contributed by atoms with E-state index in [9.17, 15) is 0 Å². The molecule has 3 nitrogen and oxygen atoms in total. The van der Waals surface area contributed by atoms with Crippen LogP contribution in [0.25, 0.3) is 10.9 Å². The lowest BCUT2D eigenvalue weighted by Crippen LogP contribution is -2.12. The molecule has 0 aliphatic rings. The molecule has 0 radical (unpaired) electrons. The predicted octanol–water partition coefficient (Wildman–Crippen LogP) is 4.63. The number of thiazole rings is 1. The van der Waals surface area contributed by atoms with Gasteiger partial charge in [0.2, 0.25) is 0 Å². The predicted molar refractivity (Wildman–Crippen MR) is 91.7 cm³/mol. The summed E-state index contributed by atoms with van der Waals surface area (Å²) in [4.78, 5) is 9.17. The molecule has 0 saturated heterocycles. The van der Waals surface area contributed by atoms with Crippen molar-refractivity contribution in [2.45, 2.75) is 25.8 Å². The van der Waals surface area contributed by atoms with E-state index in [4.69, 9.17) is 5.73 Å². The summed E-state index contributed by atoms with van der Waals surface area (Å²) in [6.07, 6.45) is 1.80. The lowest BCUT2D eigenvalue weighted by Gasteiger charge is -2.12. The quantitative estimate of drug-likeness (QED) is 0.739. The number of rotatable bonds is 3. The third-order valence-electron chi connectivity index (χ3n) is 3.48. The molecule has 3 aromatic rings. The molecule has 0 fully saturated rings. The van der Waals surface area contributed by atoms with Crippen molar-refractivity contribution in [3.8, 4) is 0 Å². The number of benzene rings is 1. The maximum Gasteiger partial charge on any atom is 0.114 e. The molecule has 2 aromatic heterocycles. The zero-order valence-electron chi connectivity index (χ0n) is 11.9. The summed E-state index contributed by atoms with van der Waals surface area (Å²) >= 11 is 5.18. The first-order valence-corrected chi connectivity index (χ1v) is 8.49. The monoisotopic (exact) mass is 361 g/mol. The van der Waals surface area contributed by atoms with Gasteiger partial charge >= 0.3 is 0 Å². The number of nitrogens with two attached hydrogens (primary N) is 1. The first-order chi connectivity index (χ1) is 10.1. The fourth-order valence-corrected chi connectivity index (χ4v) is 3.70. The molecular formula is C16H16BrN3S. The van der Waals surface area contributed by atoms with Gasteiger partial charge in [0.1, 0.15) is 5.01 Å². The SMILES string of the molecule is CC(C)c1csc(C(N)c2ccc(Br)c3cccnc23)n1. The van der Waals surface area contributed by atoms with Crippen LogP contribution < -0.4 is 5.73 Å². The van der Waals surface area contributed by atoms with E-state index in [0.29, 0.717) is 5.92 Å². The number of aromatic nitrogens is 2. The lowest BCUT2D eigenvalue weighted by atomic mass is 10.0. The Morgan fingerprint density at radius 1 is 1.24 bits per heavy atom. The molecule has 3 rings (SSSR count). The maximum atomic E-state index is 6.44. The molecule has 108 valence electrons. The van der Waals surface area contributed by atoms with Gasteiger partial charge < -0.3 is 5.73 Å². The zero-order valence-corrected chi connectivity index (χ0v) is 14.3. The number of hydrogen-bond donors (Lipinski definition) is 1. The van der Waals surface area contributed by atoms with E-state index >= 15 is 0 Å². The summed E-state index contributed by atoms with van der Waals surface area (Å²) in [6, 6.07) is 7.79. The Balaban J connectivity index is 2.09. The van der Waals surface area contributed by atoms with Gasteiger partial charge in [0.25, 0.3) is 0 Å². The summed E-state index contributed by atoms with van der Waals surface area (Å²) in [7, 11) is 0. The summed E-state index contributed by atoms with van der Waals surface area (Å²) in [5, 5.41) is 4.10. The Hall–Kier alpha value is -1.30. The van der Waals surface area contributed by atoms with Crippen LogP contribution in [0.1, 0.15) is 42.1 Å². The molecule has 0 spiro atoms. The molecule has 0 saturated carbocycles. The van der Waals surface area contributed by atoms with Gasteiger partial charge in [-0.1, -0.05) is 41.9 Å². The molecule has 0 aliphatic carbocycles. The van der Waals surface area contributed by atoms with Crippen LogP contribution in [0, 0.1) is 0 Å². The van der Waals surface area contributed by atoms with Crippen LogP contribution in [0.15, 0.2) is 40.3 Å². The van der Waals surface area contributed by atoms with Gasteiger partial charge in [-0.25, -0.2) is 4.98 Å². The topological polar surface area (TPSA) is 51.8 Å². The van der Waals surface area contributed by atoms with Gasteiger partial charge in [-0.2, -0.15) is 0 Å². The third-order valence-corrected chi connectivity index (χ3v) is 5.12. The molecular weight excluding hydrogens is 346 g/mol. The first-order valence-electron chi connectivity index (χ1n) is 6.82. The molecule has 0 aliphatic heterocycles. The first kappa shape index (κ1) is 14.6. The second-order valence-electron chi connectivity index (χ2n) is 5.28. The highest BCUT2D eigenvalue weighted by Crippen LogP contribution is 2.32. The fourth-order valence-electron chi connectivity index (χ4n) is 2.25. The Morgan fingerprint density at radius 2 is 2.05 bits per heavy atom. The van der Waals surface area contributed by atoms with E-state index in [1.54, 1.807) is 17.5 Å². The van der Waals surface area contributed by atoms with Crippen LogP contribution in [0.2, 0.25) is 0 Å². The van der Waals surface area contributed by atoms with Crippen LogP contribution in [0.4, 0.5) is 0 Å². The minimum atomic E-state index is -0.243. The van der Waals surface area contributed by atoms with Crippen LogP contribution in [-0.2, 0) is 0 Å². The molecule has 2 heterocycles. The van der Waals surface area contributed by atoms with E-state index < -0.39 is 0 Å². The summed E-state index contributed by atoms with van der Waals surface area (Å²) < 4.78 is 1.03. The molecule has 0 amide bonds. The van der Waals surface area contributed by atoms with Crippen LogP contribution in [0.3, 0.4) is 0 Å². The van der Waals surface area contributed by atoms with E-state index in [1.165, 1.54) is 0 Å². The fraction of sp³-hybridized carbons (Fsp3) is 0.250. The van der Waals surface area contributed by atoms with E-state index in [0.717, 1.165) is 31.6 Å². The number of fused-ring (bicyclic) bond motifs is 1. The normalized spacial score (nSPS) is 13.0. The zero-order chi connectivity index (χ0) is 15.0. The van der Waals surface area contributed by atoms with Crippen molar-refractivity contribution in [2.24, 2.45) is 5.73 Å². The van der Waals surface area contributed by atoms with Crippen molar-refractivity contribution in [1.29, 1.82) is 0 Å². The lowest BCUT2D eigenvalue weighted by molar-refractivity contribution is 0.797. The highest BCUT2D eigenvalue weighted by molar-refractivity contribution is 9.10. The van der Waals surface area contributed by atoms with Gasteiger partial charge in [0.15, 0.2) is 0 Å². The standard InChI is InChI=1S/C16H16BrN3S/c1-9(2)13-8-21-16(20-13)14(18)11-5-6-12(17)10-4-3-7-19-15(10)11/h3-9,14H,18H2,1-2H3. The molecule has 5 heteroatoms. The van der Waals surface area contributed by atoms with Crippen molar-refractivity contribution < 1.29 is 0 Å². The van der Waals surface area contributed by atoms with Gasteiger partial charge in [-0.3, -0.25) is 4.98 Å². The van der Waals surface area contributed by atoms with Crippen molar-refractivity contribution in [3.63, 3.8) is 0 Å². The van der Waals surface area contributed by atoms with Gasteiger partial charge in [-0.15, -0.1) is 11.3 Å². The molecule has 0 bridgehead atoms. The highest BCUT2D eigenvalue weighted by atomic mass is 79.9. The second-order valence-corrected chi connectivity index (χ2v) is 7.02. The van der Waals surface area contributed by atoms with E-state index in [1.807, 2.05) is 24.3 Å². The average Bonchev–Trinajstić information content (AvgIpc) is 2.97. The molecule has 2 N–H and O–H groups in total. The summed E-state index contributed by atoms with van der Waals surface area (Å²) in [5.74, 6) is 0.419. The Morgan fingerprint density at radius 3 is 2.76 bits per heavy atom. The number of nitrogens with zero attached hydrogens (tertiary/aromatic N) is 2. The average molecular weight is 362 g/mol. The van der Waals surface area contributed by atoms with Gasteiger partial charge in [0, 0.05) is 27.0 Å². The van der Waals surface area contributed by atoms with Crippen molar-refractivity contribution in [1.82, 2.24) is 9.97 Å². The molecule has 21 heavy (non-hydrogen) atoms. The van der Waals surface area contributed by atoms with Gasteiger partial charge in [0.05, 0.1) is 17.3 Å². The van der Waals surface area contributed by atoms with E-state index in [-0.39, 0.29) is 6.04 Å². The minimum Gasteiger partial charge on any atom is -0.318 e. The van der Waals surface area contributed by atoms with E-state index in [2.05, 4.69) is 45.1 Å². The highest BCUT2D eigenvalue weighted by Gasteiger charge is 2.18. The Kier molecular flexibility index (Phi) is 4.06. The summed E-state index contributed by atoms with van der Waals surface area (Å²) in [6.45, 7) is 4.28. The smallest absolute Gasteiger partial charge is 0.114 e. The van der Waals surface area contributed by atoms with Crippen LogP contribution in [0.5, 0.6) is 0 Å². The molecule has 1 aromatic carbocycles. The molecule has 1 unspecified atom stereocenters. The van der Waals surface area contributed by atoms with Crippen molar-refractivity contribution in [2.75, 3.05) is 0 Å². The minimum absolute atomic E-state index is 0.243. The Labute approximate surface area is 136 Å². The molecule has 1 atom stereocenters. The van der Waals surface area contributed by atoms with Crippen molar-refractivity contribution >= 4 is 38.2 Å². The number of pyridine rings is 1. The van der Waals surface area contributed by atoms with Gasteiger partial charge in [-0.05, 0) is 18.1 Å². The largest absolute Gasteiger partial charge is 0.318 e. The Bertz CT molecular complexity index is 782. The van der Waals surface area contributed by atoms with Crippen LogP contribution >= 0.6 is 27.3 Å². The van der Waals surface area contributed by atoms with Crippen LogP contribution in [-0.4, -0.2) is 9.97 Å². The second kappa shape index (κ2) is 5.83. The number of hydrogen-bond acceptors (Lipinski definition) is 4. The number of halogens is 1. The third kappa shape index (κ3) is 2.73.